The quantitative estimate of drug-likeness (QED) is 0.553. The molecule has 2 N–H and O–H groups in total. The number of nitrogens with zero attached hydrogens (tertiary/aromatic N) is 1. The Bertz CT molecular complexity index is 1070. The van der Waals surface area contributed by atoms with Crippen LogP contribution in [-0.2, 0) is 0 Å². The third kappa shape index (κ3) is 2.93. The first kappa shape index (κ1) is 16.8. The second kappa shape index (κ2) is 6.29. The van der Waals surface area contributed by atoms with E-state index in [4.69, 9.17) is 10.5 Å². The second-order valence-electron chi connectivity index (χ2n) is 6.61. The van der Waals surface area contributed by atoms with Crippen molar-refractivity contribution in [1.82, 2.24) is 0 Å². The highest BCUT2D eigenvalue weighted by Crippen LogP contribution is 2.34. The topological polar surface area (TPSA) is 72.6 Å². The zero-order chi connectivity index (χ0) is 19.1. The minimum atomic E-state index is -0.341. The zero-order valence-electron chi connectivity index (χ0n) is 15.0. The van der Waals surface area contributed by atoms with Gasteiger partial charge in [0.05, 0.1) is 16.8 Å². The lowest BCUT2D eigenvalue weighted by Gasteiger charge is -2.17. The molecule has 0 saturated carbocycles. The van der Waals surface area contributed by atoms with Crippen LogP contribution in [0, 0.1) is 13.8 Å². The van der Waals surface area contributed by atoms with Gasteiger partial charge in [-0.3, -0.25) is 9.59 Å². The Morgan fingerprint density at radius 3 is 2.19 bits per heavy atom. The molecule has 1 aliphatic rings. The number of hydrogen-bond acceptors (Lipinski definition) is 4. The SMILES string of the molecule is Cc1ccc(C)c(N2C(=O)c3ccc(Oc4ccc(N)cc4)cc3C2=O)c1. The van der Waals surface area contributed by atoms with E-state index < -0.39 is 0 Å². The smallest absolute Gasteiger partial charge is 0.266 e. The Balaban J connectivity index is 1.69. The fourth-order valence-electron chi connectivity index (χ4n) is 3.13. The molecule has 1 heterocycles. The zero-order valence-corrected chi connectivity index (χ0v) is 15.0. The monoisotopic (exact) mass is 358 g/mol. The molecule has 0 atom stereocenters. The lowest BCUT2D eigenvalue weighted by atomic mass is 10.1. The van der Waals surface area contributed by atoms with Gasteiger partial charge in [0, 0.05) is 5.69 Å². The highest BCUT2D eigenvalue weighted by Gasteiger charge is 2.37. The maximum absolute atomic E-state index is 13.0. The average molecular weight is 358 g/mol. The number of anilines is 2. The van der Waals surface area contributed by atoms with E-state index in [1.165, 1.54) is 4.90 Å². The molecule has 27 heavy (non-hydrogen) atoms. The number of amides is 2. The van der Waals surface area contributed by atoms with Crippen LogP contribution in [0.2, 0.25) is 0 Å². The highest BCUT2D eigenvalue weighted by molar-refractivity contribution is 6.34. The molecule has 0 unspecified atom stereocenters. The van der Waals surface area contributed by atoms with Crippen molar-refractivity contribution in [3.8, 4) is 11.5 Å². The van der Waals surface area contributed by atoms with Gasteiger partial charge < -0.3 is 10.5 Å². The van der Waals surface area contributed by atoms with Gasteiger partial charge in [0.25, 0.3) is 11.8 Å². The summed E-state index contributed by atoms with van der Waals surface area (Å²) in [5.41, 5.74) is 9.51. The molecule has 0 bridgehead atoms. The van der Waals surface area contributed by atoms with Crippen LogP contribution in [0.25, 0.3) is 0 Å². The third-order valence-electron chi connectivity index (χ3n) is 4.58. The summed E-state index contributed by atoms with van der Waals surface area (Å²) in [7, 11) is 0. The Hall–Kier alpha value is -3.60. The summed E-state index contributed by atoms with van der Waals surface area (Å²) in [5, 5.41) is 0. The number of carbonyl (C=O) groups is 2. The molecular weight excluding hydrogens is 340 g/mol. The van der Waals surface area contributed by atoms with Gasteiger partial charge in [-0.1, -0.05) is 12.1 Å². The second-order valence-corrected chi connectivity index (χ2v) is 6.61. The van der Waals surface area contributed by atoms with Crippen LogP contribution in [0.5, 0.6) is 11.5 Å². The normalized spacial score (nSPS) is 13.0. The number of aryl methyl sites for hydroxylation is 2. The van der Waals surface area contributed by atoms with Gasteiger partial charge in [-0.25, -0.2) is 4.90 Å². The van der Waals surface area contributed by atoms with Crippen LogP contribution in [-0.4, -0.2) is 11.8 Å². The summed E-state index contributed by atoms with van der Waals surface area (Å²) < 4.78 is 5.79. The van der Waals surface area contributed by atoms with Gasteiger partial charge >= 0.3 is 0 Å². The first-order valence-electron chi connectivity index (χ1n) is 8.57. The number of rotatable bonds is 3. The van der Waals surface area contributed by atoms with Crippen LogP contribution >= 0.6 is 0 Å². The number of benzene rings is 3. The van der Waals surface area contributed by atoms with E-state index in [1.807, 2.05) is 32.0 Å². The fraction of sp³-hybridized carbons (Fsp3) is 0.0909. The van der Waals surface area contributed by atoms with Crippen molar-refractivity contribution in [2.75, 3.05) is 10.6 Å². The number of ether oxygens (including phenoxy) is 1. The molecule has 3 aromatic rings. The molecule has 5 nitrogen and oxygen atoms in total. The Kier molecular flexibility index (Phi) is 3.92. The average Bonchev–Trinajstić information content (AvgIpc) is 2.90. The standard InChI is InChI=1S/C22H18N2O3/c1-13-3-4-14(2)20(11-13)24-21(25)18-10-9-17(12-19(18)22(24)26)27-16-7-5-15(23)6-8-16/h3-12H,23H2,1-2H3. The lowest BCUT2D eigenvalue weighted by Crippen LogP contribution is -2.30. The molecular formula is C22H18N2O3. The van der Waals surface area contributed by atoms with Gasteiger partial charge in [0.15, 0.2) is 0 Å². The van der Waals surface area contributed by atoms with E-state index in [-0.39, 0.29) is 11.8 Å². The third-order valence-corrected chi connectivity index (χ3v) is 4.58. The molecule has 0 saturated heterocycles. The maximum Gasteiger partial charge on any atom is 0.266 e. The largest absolute Gasteiger partial charge is 0.457 e. The summed E-state index contributed by atoms with van der Waals surface area (Å²) in [5.74, 6) is 0.434. The molecule has 0 radical (unpaired) electrons. The highest BCUT2D eigenvalue weighted by atomic mass is 16.5. The van der Waals surface area contributed by atoms with Crippen LogP contribution < -0.4 is 15.4 Å². The van der Waals surface area contributed by atoms with E-state index in [1.54, 1.807) is 42.5 Å². The first-order valence-corrected chi connectivity index (χ1v) is 8.57. The predicted molar refractivity (Wildman–Crippen MR) is 104 cm³/mol. The fourth-order valence-corrected chi connectivity index (χ4v) is 3.13. The Morgan fingerprint density at radius 1 is 0.778 bits per heavy atom. The number of fused-ring (bicyclic) bond motifs is 1. The molecule has 5 heteroatoms. The van der Waals surface area contributed by atoms with Crippen molar-refractivity contribution in [3.05, 3.63) is 82.9 Å². The van der Waals surface area contributed by atoms with Crippen LogP contribution in [0.4, 0.5) is 11.4 Å². The number of imide groups is 1. The Morgan fingerprint density at radius 2 is 1.44 bits per heavy atom. The van der Waals surface area contributed by atoms with Crippen molar-refractivity contribution in [2.45, 2.75) is 13.8 Å². The van der Waals surface area contributed by atoms with Gasteiger partial charge in [-0.2, -0.15) is 0 Å². The first-order chi connectivity index (χ1) is 12.9. The number of nitrogen functional groups attached to an aromatic ring is 1. The minimum absolute atomic E-state index is 0.317. The van der Waals surface area contributed by atoms with Gasteiger partial charge in [0.2, 0.25) is 0 Å². The summed E-state index contributed by atoms with van der Waals surface area (Å²) >= 11 is 0. The van der Waals surface area contributed by atoms with Gasteiger partial charge in [-0.15, -0.1) is 0 Å². The Labute approximate surface area is 157 Å². The summed E-state index contributed by atoms with van der Waals surface area (Å²) in [6.07, 6.45) is 0. The number of nitrogens with two attached hydrogens (primary N) is 1. The summed E-state index contributed by atoms with van der Waals surface area (Å²) in [4.78, 5) is 27.0. The van der Waals surface area contributed by atoms with E-state index in [0.29, 0.717) is 34.0 Å². The predicted octanol–water partition coefficient (Wildman–Crippen LogP) is 4.48. The van der Waals surface area contributed by atoms with Gasteiger partial charge in [0.1, 0.15) is 11.5 Å². The lowest BCUT2D eigenvalue weighted by molar-refractivity contribution is 0.0926. The molecule has 0 aliphatic carbocycles. The van der Waals surface area contributed by atoms with Crippen molar-refractivity contribution in [1.29, 1.82) is 0 Å². The van der Waals surface area contributed by atoms with Crippen molar-refractivity contribution in [2.24, 2.45) is 0 Å². The number of carbonyl (C=O) groups excluding carboxylic acids is 2. The molecule has 3 aromatic carbocycles. The number of hydrogen-bond donors (Lipinski definition) is 1. The summed E-state index contributed by atoms with van der Waals surface area (Å²) in [6.45, 7) is 3.81. The van der Waals surface area contributed by atoms with E-state index in [9.17, 15) is 9.59 Å². The van der Waals surface area contributed by atoms with E-state index in [0.717, 1.165) is 11.1 Å². The molecule has 134 valence electrons. The molecule has 1 aliphatic heterocycles. The van der Waals surface area contributed by atoms with Crippen LogP contribution in [0.3, 0.4) is 0 Å². The summed E-state index contributed by atoms with van der Waals surface area (Å²) in [6, 6.07) is 17.6. The van der Waals surface area contributed by atoms with Crippen molar-refractivity contribution < 1.29 is 14.3 Å². The van der Waals surface area contributed by atoms with Crippen LogP contribution in [0.15, 0.2) is 60.7 Å². The van der Waals surface area contributed by atoms with Crippen molar-refractivity contribution in [3.63, 3.8) is 0 Å². The van der Waals surface area contributed by atoms with E-state index >= 15 is 0 Å². The van der Waals surface area contributed by atoms with E-state index in [2.05, 4.69) is 0 Å². The molecule has 0 fully saturated rings. The van der Waals surface area contributed by atoms with Crippen LogP contribution in [0.1, 0.15) is 31.8 Å². The molecule has 0 aromatic heterocycles. The van der Waals surface area contributed by atoms with Gasteiger partial charge in [-0.05, 0) is 73.5 Å². The minimum Gasteiger partial charge on any atom is -0.457 e. The molecule has 4 rings (SSSR count). The molecule has 2 amide bonds. The maximum atomic E-state index is 13.0. The van der Waals surface area contributed by atoms with Crippen molar-refractivity contribution >= 4 is 23.2 Å². The molecule has 0 spiro atoms.